The second-order valence-corrected chi connectivity index (χ2v) is 8.34. The summed E-state index contributed by atoms with van der Waals surface area (Å²) in [5.41, 5.74) is 0.695. The summed E-state index contributed by atoms with van der Waals surface area (Å²) >= 11 is 5.80. The average Bonchev–Trinajstić information content (AvgIpc) is 2.66. The van der Waals surface area contributed by atoms with Crippen LogP contribution in [0.15, 0.2) is 18.3 Å². The number of anilines is 1. The number of carbonyl (C=O) groups excluding carboxylic acids is 2. The van der Waals surface area contributed by atoms with Crippen molar-refractivity contribution in [3.63, 3.8) is 0 Å². The van der Waals surface area contributed by atoms with Crippen molar-refractivity contribution < 1.29 is 9.59 Å². The topological polar surface area (TPSA) is 59.1 Å². The maximum Gasteiger partial charge on any atom is 0.224 e. The first-order valence-electron chi connectivity index (χ1n) is 10.8. The lowest BCUT2D eigenvalue weighted by Crippen LogP contribution is -2.21. The van der Waals surface area contributed by atoms with E-state index in [1.54, 1.807) is 25.3 Å². The van der Waals surface area contributed by atoms with Crippen LogP contribution in [0.2, 0.25) is 5.15 Å². The number of hydrogen-bond acceptors (Lipinski definition) is 3. The van der Waals surface area contributed by atoms with Crippen molar-refractivity contribution in [3.8, 4) is 0 Å². The lowest BCUT2D eigenvalue weighted by atomic mass is 9.78. The zero-order valence-electron chi connectivity index (χ0n) is 17.8. The predicted molar refractivity (Wildman–Crippen MR) is 118 cm³/mol. The van der Waals surface area contributed by atoms with E-state index in [2.05, 4.69) is 24.1 Å². The summed E-state index contributed by atoms with van der Waals surface area (Å²) in [5.74, 6) is 1.42. The third-order valence-corrected chi connectivity index (χ3v) is 5.52. The second-order valence-electron chi connectivity index (χ2n) is 7.95. The van der Waals surface area contributed by atoms with Crippen molar-refractivity contribution in [1.82, 2.24) is 4.98 Å². The molecule has 0 spiro atoms. The van der Waals surface area contributed by atoms with E-state index < -0.39 is 0 Å². The number of Topliss-reactive ketones (excluding diaryl/α,β-unsaturated/α-hetero) is 1. The normalized spacial score (nSPS) is 18.7. The van der Waals surface area contributed by atoms with Gasteiger partial charge >= 0.3 is 0 Å². The zero-order valence-corrected chi connectivity index (χ0v) is 18.6. The van der Waals surface area contributed by atoms with Gasteiger partial charge in [-0.3, -0.25) is 4.79 Å². The molecule has 0 bridgehead atoms. The number of nitrogens with zero attached hydrogens (tertiary/aromatic N) is 1. The molecule has 1 aliphatic rings. The van der Waals surface area contributed by atoms with Crippen LogP contribution in [0.4, 0.5) is 5.69 Å². The Hall–Kier alpha value is -1.42. The fourth-order valence-electron chi connectivity index (χ4n) is 3.59. The van der Waals surface area contributed by atoms with Crippen LogP contribution in [0.1, 0.15) is 91.4 Å². The van der Waals surface area contributed by atoms with Gasteiger partial charge in [0.2, 0.25) is 5.91 Å². The van der Waals surface area contributed by atoms with E-state index >= 15 is 0 Å². The van der Waals surface area contributed by atoms with Crippen LogP contribution >= 0.6 is 11.6 Å². The molecule has 0 unspecified atom stereocenters. The number of carbonyl (C=O) groups is 2. The summed E-state index contributed by atoms with van der Waals surface area (Å²) in [4.78, 5) is 27.0. The molecule has 1 aromatic rings. The summed E-state index contributed by atoms with van der Waals surface area (Å²) in [7, 11) is 0. The highest BCUT2D eigenvalue weighted by Gasteiger charge is 2.23. The molecule has 2 rings (SSSR count). The summed E-state index contributed by atoms with van der Waals surface area (Å²) in [6.45, 7) is 6.12. The van der Waals surface area contributed by atoms with E-state index in [-0.39, 0.29) is 11.7 Å². The zero-order chi connectivity index (χ0) is 20.8. The van der Waals surface area contributed by atoms with Crippen molar-refractivity contribution >= 4 is 29.0 Å². The van der Waals surface area contributed by atoms with Gasteiger partial charge in [-0.1, -0.05) is 64.0 Å². The molecule has 28 heavy (non-hydrogen) atoms. The molecule has 1 aromatic heterocycles. The highest BCUT2D eigenvalue weighted by molar-refractivity contribution is 6.29. The van der Waals surface area contributed by atoms with E-state index in [0.29, 0.717) is 35.5 Å². The molecule has 5 heteroatoms. The average molecular weight is 409 g/mol. The molecule has 1 amide bonds. The molecule has 1 saturated carbocycles. The van der Waals surface area contributed by atoms with Gasteiger partial charge in [-0.2, -0.15) is 0 Å². The van der Waals surface area contributed by atoms with E-state index in [1.165, 1.54) is 25.7 Å². The smallest absolute Gasteiger partial charge is 0.224 e. The van der Waals surface area contributed by atoms with Gasteiger partial charge in [0.05, 0.1) is 0 Å². The molecule has 1 heterocycles. The summed E-state index contributed by atoms with van der Waals surface area (Å²) in [6, 6.07) is 3.39. The quantitative estimate of drug-likeness (QED) is 0.360. The largest absolute Gasteiger partial charge is 0.326 e. The van der Waals surface area contributed by atoms with Crippen molar-refractivity contribution in [2.75, 3.05) is 5.32 Å². The lowest BCUT2D eigenvalue weighted by molar-refractivity contribution is -0.117. The number of unbranched alkanes of at least 4 members (excludes halogenated alkanes) is 3. The Bertz CT molecular complexity index is 580. The molecule has 0 aliphatic heterocycles. The van der Waals surface area contributed by atoms with E-state index in [9.17, 15) is 9.59 Å². The Labute approximate surface area is 175 Å². The Kier molecular flexibility index (Phi) is 12.8. The first kappa shape index (κ1) is 24.6. The van der Waals surface area contributed by atoms with Crippen LogP contribution < -0.4 is 5.32 Å². The van der Waals surface area contributed by atoms with E-state index in [0.717, 1.165) is 32.1 Å². The maximum atomic E-state index is 12.1. The third-order valence-electron chi connectivity index (χ3n) is 5.31. The van der Waals surface area contributed by atoms with Gasteiger partial charge in [-0.05, 0) is 50.2 Å². The summed E-state index contributed by atoms with van der Waals surface area (Å²) < 4.78 is 0. The van der Waals surface area contributed by atoms with E-state index in [1.807, 2.05) is 0 Å². The van der Waals surface area contributed by atoms with Crippen molar-refractivity contribution in [2.24, 2.45) is 11.8 Å². The van der Waals surface area contributed by atoms with Crippen LogP contribution in [-0.2, 0) is 9.59 Å². The minimum absolute atomic E-state index is 0.0365. The molecule has 0 saturated heterocycles. The molecule has 1 aliphatic carbocycles. The third kappa shape index (κ3) is 11.4. The van der Waals surface area contributed by atoms with Gasteiger partial charge in [0.1, 0.15) is 10.9 Å². The molecule has 0 radical (unpaired) electrons. The van der Waals surface area contributed by atoms with Crippen LogP contribution in [0, 0.1) is 11.8 Å². The van der Waals surface area contributed by atoms with Gasteiger partial charge in [0, 0.05) is 24.7 Å². The maximum absolute atomic E-state index is 12.1. The molecular weight excluding hydrogens is 372 g/mol. The molecule has 158 valence electrons. The number of pyridine rings is 1. The van der Waals surface area contributed by atoms with Crippen molar-refractivity contribution in [1.29, 1.82) is 0 Å². The first-order chi connectivity index (χ1) is 13.4. The number of halogens is 1. The van der Waals surface area contributed by atoms with Crippen LogP contribution in [0.25, 0.3) is 0 Å². The van der Waals surface area contributed by atoms with Crippen LogP contribution in [-0.4, -0.2) is 16.7 Å². The molecular formula is C23H37ClN2O2. The van der Waals surface area contributed by atoms with Gasteiger partial charge < -0.3 is 10.1 Å². The predicted octanol–water partition coefficient (Wildman–Crippen LogP) is 6.83. The van der Waals surface area contributed by atoms with E-state index in [4.69, 9.17) is 11.6 Å². The Morgan fingerprint density at radius 1 is 1.11 bits per heavy atom. The summed E-state index contributed by atoms with van der Waals surface area (Å²) in [6.07, 6.45) is 13.8. The van der Waals surface area contributed by atoms with Crippen molar-refractivity contribution in [3.05, 3.63) is 23.5 Å². The van der Waals surface area contributed by atoms with Crippen molar-refractivity contribution in [2.45, 2.75) is 91.4 Å². The Morgan fingerprint density at radius 3 is 2.25 bits per heavy atom. The standard InChI is InChI=1S/C17H23ClN2O2.C6H14/c1-12(21)2-3-13-4-6-14(7-5-13)10-17(22)20-15-8-9-19-16(18)11-15;1-3-5-6-4-2/h8-9,11,13-14H,2-7,10H2,1H3,(H,19,20,22);3-6H2,1-2H3. The molecule has 0 aromatic carbocycles. The lowest BCUT2D eigenvalue weighted by Gasteiger charge is -2.28. The molecule has 1 N–H and O–H groups in total. The van der Waals surface area contributed by atoms with Gasteiger partial charge in [-0.25, -0.2) is 4.98 Å². The number of amides is 1. The highest BCUT2D eigenvalue weighted by Crippen LogP contribution is 2.33. The Morgan fingerprint density at radius 2 is 1.71 bits per heavy atom. The fraction of sp³-hybridized carbons (Fsp3) is 0.696. The fourth-order valence-corrected chi connectivity index (χ4v) is 3.76. The Balaban J connectivity index is 0.000000568. The van der Waals surface area contributed by atoms with Gasteiger partial charge in [-0.15, -0.1) is 0 Å². The van der Waals surface area contributed by atoms with Gasteiger partial charge in [0.15, 0.2) is 0 Å². The number of nitrogens with one attached hydrogen (secondary N) is 1. The number of hydrogen-bond donors (Lipinski definition) is 1. The minimum Gasteiger partial charge on any atom is -0.326 e. The number of ketones is 1. The first-order valence-corrected chi connectivity index (χ1v) is 11.2. The monoisotopic (exact) mass is 408 g/mol. The van der Waals surface area contributed by atoms with Crippen LogP contribution in [0.5, 0.6) is 0 Å². The van der Waals surface area contributed by atoms with Crippen LogP contribution in [0.3, 0.4) is 0 Å². The number of aromatic nitrogens is 1. The summed E-state index contributed by atoms with van der Waals surface area (Å²) in [5, 5.41) is 3.25. The SMILES string of the molecule is CC(=O)CCC1CCC(CC(=O)Nc2ccnc(Cl)c2)CC1.CCCCCC. The minimum atomic E-state index is 0.0365. The number of rotatable bonds is 9. The molecule has 4 nitrogen and oxygen atoms in total. The van der Waals surface area contributed by atoms with Gasteiger partial charge in [0.25, 0.3) is 0 Å². The molecule has 0 atom stereocenters. The highest BCUT2D eigenvalue weighted by atomic mass is 35.5. The second kappa shape index (κ2) is 14.6. The molecule has 1 fully saturated rings.